The molecule has 0 aromatic carbocycles. The molecule has 0 saturated carbocycles. The normalized spacial score (nSPS) is 11.8. The van der Waals surface area contributed by atoms with Gasteiger partial charge in [0.2, 0.25) is 0 Å². The van der Waals surface area contributed by atoms with Gasteiger partial charge in [-0.1, -0.05) is 6.92 Å². The zero-order valence-electron chi connectivity index (χ0n) is 13.5. The lowest BCUT2D eigenvalue weighted by molar-refractivity contribution is -0.123. The summed E-state index contributed by atoms with van der Waals surface area (Å²) in [7, 11) is 0. The van der Waals surface area contributed by atoms with E-state index in [2.05, 4.69) is 5.32 Å². The molecule has 6 nitrogen and oxygen atoms in total. The smallest absolute Gasteiger partial charge is 0.349 e. The van der Waals surface area contributed by atoms with Crippen LogP contribution < -0.4 is 11.1 Å². The predicted molar refractivity (Wildman–Crippen MR) is 94.8 cm³/mol. The van der Waals surface area contributed by atoms with Gasteiger partial charge in [-0.2, -0.15) is 0 Å². The number of hydrogen-bond donors (Lipinski definition) is 2. The van der Waals surface area contributed by atoms with Gasteiger partial charge in [-0.3, -0.25) is 9.59 Å². The first-order valence-electron chi connectivity index (χ1n) is 7.31. The third kappa shape index (κ3) is 4.01. The number of anilines is 1. The van der Waals surface area contributed by atoms with Gasteiger partial charge in [0.05, 0.1) is 5.56 Å². The van der Waals surface area contributed by atoms with Crippen LogP contribution in [0, 0.1) is 6.92 Å². The number of amides is 2. The Kier molecular flexibility index (Phi) is 5.74. The van der Waals surface area contributed by atoms with Gasteiger partial charge in [0, 0.05) is 4.88 Å². The monoisotopic (exact) mass is 366 g/mol. The fourth-order valence-corrected chi connectivity index (χ4v) is 3.85. The molecule has 0 bridgehead atoms. The number of rotatable bonds is 6. The zero-order valence-corrected chi connectivity index (χ0v) is 15.2. The molecular weight excluding hydrogens is 348 g/mol. The third-order valence-corrected chi connectivity index (χ3v) is 5.33. The average Bonchev–Trinajstić information content (AvgIpc) is 3.13. The van der Waals surface area contributed by atoms with E-state index in [4.69, 9.17) is 10.5 Å². The van der Waals surface area contributed by atoms with Crippen LogP contribution in [0.2, 0.25) is 0 Å². The number of thiophene rings is 2. The van der Waals surface area contributed by atoms with Crippen LogP contribution in [0.5, 0.6) is 0 Å². The lowest BCUT2D eigenvalue weighted by Gasteiger charge is -2.12. The van der Waals surface area contributed by atoms with Crippen molar-refractivity contribution in [2.45, 2.75) is 33.3 Å². The molecule has 2 heterocycles. The lowest BCUT2D eigenvalue weighted by atomic mass is 10.2. The van der Waals surface area contributed by atoms with E-state index in [1.54, 1.807) is 11.4 Å². The zero-order chi connectivity index (χ0) is 17.9. The summed E-state index contributed by atoms with van der Waals surface area (Å²) in [5.74, 6) is -1.68. The lowest BCUT2D eigenvalue weighted by Crippen LogP contribution is -2.30. The van der Waals surface area contributed by atoms with Crippen LogP contribution in [-0.4, -0.2) is 23.9 Å². The minimum atomic E-state index is -0.993. The molecule has 0 aliphatic heterocycles. The van der Waals surface area contributed by atoms with Crippen molar-refractivity contribution in [3.8, 4) is 0 Å². The molecular formula is C16H18N2O4S2. The second-order valence-corrected chi connectivity index (χ2v) is 7.28. The Labute approximate surface area is 147 Å². The van der Waals surface area contributed by atoms with Gasteiger partial charge >= 0.3 is 5.97 Å². The number of nitrogens with one attached hydrogen (secondary N) is 1. The van der Waals surface area contributed by atoms with Gasteiger partial charge in [0.1, 0.15) is 9.88 Å². The predicted octanol–water partition coefficient (Wildman–Crippen LogP) is 2.96. The van der Waals surface area contributed by atoms with Gasteiger partial charge in [0.15, 0.2) is 6.10 Å². The molecule has 1 atom stereocenters. The maximum atomic E-state index is 12.2. The topological polar surface area (TPSA) is 98.5 Å². The van der Waals surface area contributed by atoms with E-state index < -0.39 is 23.9 Å². The first-order chi connectivity index (χ1) is 11.3. The van der Waals surface area contributed by atoms with Crippen LogP contribution in [0.25, 0.3) is 0 Å². The van der Waals surface area contributed by atoms with E-state index in [-0.39, 0.29) is 5.56 Å². The molecule has 0 aliphatic rings. The third-order valence-electron chi connectivity index (χ3n) is 3.42. The number of hydrogen-bond acceptors (Lipinski definition) is 6. The molecule has 0 fully saturated rings. The molecule has 0 spiro atoms. The highest BCUT2D eigenvalue weighted by Crippen LogP contribution is 2.24. The summed E-state index contributed by atoms with van der Waals surface area (Å²) in [5.41, 5.74) is 6.55. The number of aryl methyl sites for hydroxylation is 2. The van der Waals surface area contributed by atoms with Crippen molar-refractivity contribution >= 4 is 45.5 Å². The molecule has 2 rings (SSSR count). The summed E-state index contributed by atoms with van der Waals surface area (Å²) in [5, 5.41) is 4.55. The van der Waals surface area contributed by atoms with Crippen molar-refractivity contribution < 1.29 is 19.1 Å². The Hall–Kier alpha value is -2.19. The van der Waals surface area contributed by atoms with E-state index in [9.17, 15) is 14.4 Å². The van der Waals surface area contributed by atoms with E-state index in [0.717, 1.165) is 16.9 Å². The van der Waals surface area contributed by atoms with Gasteiger partial charge < -0.3 is 15.8 Å². The first kappa shape index (κ1) is 18.2. The van der Waals surface area contributed by atoms with Crippen LogP contribution in [-0.2, 0) is 16.0 Å². The summed E-state index contributed by atoms with van der Waals surface area (Å²) < 4.78 is 5.21. The van der Waals surface area contributed by atoms with Crippen molar-refractivity contribution in [3.05, 3.63) is 38.4 Å². The summed E-state index contributed by atoms with van der Waals surface area (Å²) in [4.78, 5) is 37.1. The summed E-state index contributed by atoms with van der Waals surface area (Å²) in [6, 6.07) is 3.32. The van der Waals surface area contributed by atoms with Gasteiger partial charge in [-0.15, -0.1) is 22.7 Å². The van der Waals surface area contributed by atoms with E-state index in [0.29, 0.717) is 9.88 Å². The number of nitrogens with two attached hydrogens (primary N) is 1. The quantitative estimate of drug-likeness (QED) is 0.768. The summed E-state index contributed by atoms with van der Waals surface area (Å²) >= 11 is 2.52. The van der Waals surface area contributed by atoms with Crippen LogP contribution in [0.15, 0.2) is 17.5 Å². The highest BCUT2D eigenvalue weighted by atomic mass is 32.1. The molecule has 0 saturated heterocycles. The highest BCUT2D eigenvalue weighted by molar-refractivity contribution is 7.15. The highest BCUT2D eigenvalue weighted by Gasteiger charge is 2.22. The molecule has 0 radical (unpaired) electrons. The molecule has 128 valence electrons. The average molecular weight is 366 g/mol. The standard InChI is InChI=1S/C16H18N2O4S2/c1-4-10-7-12(24-9(10)3)16(21)22-8(2)14(20)18-15-11(13(17)19)5-6-23-15/h5-8H,4H2,1-3H3,(H2,17,19)(H,18,20). The largest absolute Gasteiger partial charge is 0.448 e. The Morgan fingerprint density at radius 2 is 2.08 bits per heavy atom. The molecule has 24 heavy (non-hydrogen) atoms. The number of carbonyl (C=O) groups excluding carboxylic acids is 3. The van der Waals surface area contributed by atoms with Crippen molar-refractivity contribution in [2.24, 2.45) is 5.73 Å². The SMILES string of the molecule is CCc1cc(C(=O)OC(C)C(=O)Nc2sccc2C(N)=O)sc1C. The number of carbonyl (C=O) groups is 3. The molecule has 2 aromatic heterocycles. The minimum absolute atomic E-state index is 0.230. The van der Waals surface area contributed by atoms with Gasteiger partial charge in [-0.05, 0) is 43.3 Å². The molecule has 1 unspecified atom stereocenters. The van der Waals surface area contributed by atoms with Crippen LogP contribution in [0.4, 0.5) is 5.00 Å². The van der Waals surface area contributed by atoms with Crippen LogP contribution >= 0.6 is 22.7 Å². The van der Waals surface area contributed by atoms with E-state index in [1.165, 1.54) is 35.7 Å². The molecule has 3 N–H and O–H groups in total. The van der Waals surface area contributed by atoms with E-state index >= 15 is 0 Å². The van der Waals surface area contributed by atoms with Gasteiger partial charge in [0.25, 0.3) is 11.8 Å². The summed E-state index contributed by atoms with van der Waals surface area (Å²) in [6.07, 6.45) is -0.160. The fraction of sp³-hybridized carbons (Fsp3) is 0.312. The first-order valence-corrected chi connectivity index (χ1v) is 9.01. The Morgan fingerprint density at radius 3 is 2.67 bits per heavy atom. The Bertz CT molecular complexity index is 779. The minimum Gasteiger partial charge on any atom is -0.448 e. The number of ether oxygens (including phenoxy) is 1. The Balaban J connectivity index is 2.01. The number of primary amides is 1. The van der Waals surface area contributed by atoms with Crippen molar-refractivity contribution in [1.29, 1.82) is 0 Å². The van der Waals surface area contributed by atoms with Crippen molar-refractivity contribution in [2.75, 3.05) is 5.32 Å². The second-order valence-electron chi connectivity index (χ2n) is 5.11. The van der Waals surface area contributed by atoms with Crippen molar-refractivity contribution in [1.82, 2.24) is 0 Å². The maximum Gasteiger partial charge on any atom is 0.349 e. The van der Waals surface area contributed by atoms with E-state index in [1.807, 2.05) is 13.8 Å². The van der Waals surface area contributed by atoms with Crippen LogP contribution in [0.1, 0.15) is 44.3 Å². The number of esters is 1. The second kappa shape index (κ2) is 7.59. The van der Waals surface area contributed by atoms with Crippen molar-refractivity contribution in [3.63, 3.8) is 0 Å². The summed E-state index contributed by atoms with van der Waals surface area (Å²) in [6.45, 7) is 5.43. The molecule has 2 amide bonds. The molecule has 8 heteroatoms. The van der Waals surface area contributed by atoms with Crippen LogP contribution in [0.3, 0.4) is 0 Å². The molecule has 2 aromatic rings. The van der Waals surface area contributed by atoms with Gasteiger partial charge in [-0.25, -0.2) is 4.79 Å². The maximum absolute atomic E-state index is 12.2. The fourth-order valence-electron chi connectivity index (χ4n) is 2.06. The molecule has 0 aliphatic carbocycles. The Morgan fingerprint density at radius 1 is 1.38 bits per heavy atom.